The highest BCUT2D eigenvalue weighted by atomic mass is 19.2. The predicted octanol–water partition coefficient (Wildman–Crippen LogP) is 3.24. The quantitative estimate of drug-likeness (QED) is 0.869. The summed E-state index contributed by atoms with van der Waals surface area (Å²) in [6.45, 7) is 1.53. The van der Waals surface area contributed by atoms with E-state index in [1.54, 1.807) is 18.2 Å². The number of fused-ring (bicyclic) bond motifs is 1. The monoisotopic (exact) mass is 339 g/mol. The summed E-state index contributed by atoms with van der Waals surface area (Å²) in [6, 6.07) is 6.40. The Bertz CT molecular complexity index is 797. The Hall–Kier alpha value is -2.90. The van der Waals surface area contributed by atoms with Gasteiger partial charge in [0, 0.05) is 6.07 Å². The van der Waals surface area contributed by atoms with Crippen molar-refractivity contribution in [2.75, 3.05) is 12.1 Å². The van der Waals surface area contributed by atoms with Crippen LogP contribution in [0.1, 0.15) is 6.92 Å². The van der Waals surface area contributed by atoms with Crippen LogP contribution in [0.5, 0.6) is 17.2 Å². The highest BCUT2D eigenvalue weighted by Crippen LogP contribution is 2.35. The van der Waals surface area contributed by atoms with Gasteiger partial charge in [0.2, 0.25) is 6.79 Å². The van der Waals surface area contributed by atoms with Crippen molar-refractivity contribution < 1.29 is 32.2 Å². The van der Waals surface area contributed by atoms with Crippen LogP contribution in [-0.2, 0) is 4.79 Å². The minimum atomic E-state index is -1.66. The van der Waals surface area contributed by atoms with Gasteiger partial charge >= 0.3 is 0 Å². The molecule has 0 unspecified atom stereocenters. The van der Waals surface area contributed by atoms with Gasteiger partial charge in [-0.3, -0.25) is 4.79 Å². The first kappa shape index (κ1) is 16.0. The van der Waals surface area contributed by atoms with Crippen molar-refractivity contribution in [3.8, 4) is 17.2 Å². The first-order valence-electron chi connectivity index (χ1n) is 6.96. The van der Waals surface area contributed by atoms with Crippen LogP contribution in [0.25, 0.3) is 0 Å². The molecule has 126 valence electrons. The van der Waals surface area contributed by atoms with Crippen LogP contribution < -0.4 is 19.5 Å². The lowest BCUT2D eigenvalue weighted by Gasteiger charge is -2.15. The number of halogens is 3. The Morgan fingerprint density at radius 2 is 1.88 bits per heavy atom. The van der Waals surface area contributed by atoms with Crippen LogP contribution >= 0.6 is 0 Å². The molecule has 0 bridgehead atoms. The molecule has 1 aliphatic heterocycles. The third-order valence-electron chi connectivity index (χ3n) is 3.32. The van der Waals surface area contributed by atoms with E-state index in [2.05, 4.69) is 5.32 Å². The lowest BCUT2D eigenvalue weighted by molar-refractivity contribution is -0.122. The number of hydrogen-bond acceptors (Lipinski definition) is 4. The lowest BCUT2D eigenvalue weighted by Crippen LogP contribution is -2.30. The molecule has 0 aliphatic carbocycles. The van der Waals surface area contributed by atoms with E-state index in [0.717, 1.165) is 12.1 Å². The number of hydrogen-bond donors (Lipinski definition) is 1. The van der Waals surface area contributed by atoms with E-state index in [-0.39, 0.29) is 6.79 Å². The molecule has 1 atom stereocenters. The van der Waals surface area contributed by atoms with E-state index in [0.29, 0.717) is 17.2 Å². The van der Waals surface area contributed by atoms with Gasteiger partial charge in [0.15, 0.2) is 35.1 Å². The molecule has 5 nitrogen and oxygen atoms in total. The topological polar surface area (TPSA) is 56.8 Å². The summed E-state index contributed by atoms with van der Waals surface area (Å²) in [7, 11) is 0. The summed E-state index contributed by atoms with van der Waals surface area (Å²) in [4.78, 5) is 12.0. The second kappa shape index (κ2) is 6.31. The molecule has 0 saturated heterocycles. The second-order valence-corrected chi connectivity index (χ2v) is 4.99. The number of carbonyl (C=O) groups is 1. The second-order valence-electron chi connectivity index (χ2n) is 4.99. The molecule has 1 N–H and O–H groups in total. The third-order valence-corrected chi connectivity index (χ3v) is 3.32. The maximum absolute atomic E-state index is 13.6. The first-order chi connectivity index (χ1) is 11.5. The summed E-state index contributed by atoms with van der Waals surface area (Å²) >= 11 is 0. The highest BCUT2D eigenvalue weighted by molar-refractivity contribution is 5.94. The molecule has 8 heteroatoms. The average molecular weight is 339 g/mol. The van der Waals surface area contributed by atoms with Gasteiger partial charge < -0.3 is 19.5 Å². The Balaban J connectivity index is 1.68. The Morgan fingerprint density at radius 3 is 2.67 bits per heavy atom. The van der Waals surface area contributed by atoms with Gasteiger partial charge in [-0.05, 0) is 31.2 Å². The molecule has 2 aromatic carbocycles. The number of nitrogens with one attached hydrogen (secondary N) is 1. The molecule has 0 fully saturated rings. The van der Waals surface area contributed by atoms with E-state index in [9.17, 15) is 18.0 Å². The maximum atomic E-state index is 13.6. The fourth-order valence-corrected chi connectivity index (χ4v) is 2.06. The number of carbonyl (C=O) groups excluding carboxylic acids is 1. The molecular formula is C16H12F3NO4. The average Bonchev–Trinajstić information content (AvgIpc) is 3.03. The minimum absolute atomic E-state index is 0.101. The van der Waals surface area contributed by atoms with Crippen molar-refractivity contribution in [3.63, 3.8) is 0 Å². The van der Waals surface area contributed by atoms with E-state index in [1.807, 2.05) is 0 Å². The normalized spacial score (nSPS) is 13.5. The molecule has 3 rings (SSSR count). The van der Waals surface area contributed by atoms with Crippen LogP contribution in [0.3, 0.4) is 0 Å². The van der Waals surface area contributed by atoms with Gasteiger partial charge in [0.05, 0.1) is 5.69 Å². The molecule has 1 amide bonds. The van der Waals surface area contributed by atoms with Gasteiger partial charge in [-0.1, -0.05) is 0 Å². The number of benzene rings is 2. The van der Waals surface area contributed by atoms with Crippen LogP contribution in [0.2, 0.25) is 0 Å². The van der Waals surface area contributed by atoms with Crippen LogP contribution in [0, 0.1) is 17.5 Å². The number of amides is 1. The first-order valence-corrected chi connectivity index (χ1v) is 6.96. The van der Waals surface area contributed by atoms with E-state index < -0.39 is 35.2 Å². The SMILES string of the molecule is C[C@@H](Oc1ccc2c(c1)OCO2)C(=O)Nc1ccc(F)c(F)c1F. The highest BCUT2D eigenvalue weighted by Gasteiger charge is 2.21. The molecule has 24 heavy (non-hydrogen) atoms. The van der Waals surface area contributed by atoms with Gasteiger partial charge in [-0.15, -0.1) is 0 Å². The van der Waals surface area contributed by atoms with E-state index >= 15 is 0 Å². The van der Waals surface area contributed by atoms with Crippen molar-refractivity contribution >= 4 is 11.6 Å². The fourth-order valence-electron chi connectivity index (χ4n) is 2.06. The molecule has 0 radical (unpaired) electrons. The van der Waals surface area contributed by atoms with Crippen molar-refractivity contribution in [2.45, 2.75) is 13.0 Å². The van der Waals surface area contributed by atoms with Crippen molar-refractivity contribution in [3.05, 3.63) is 47.8 Å². The molecule has 1 aliphatic rings. The lowest BCUT2D eigenvalue weighted by atomic mass is 10.2. The molecule has 0 saturated carbocycles. The van der Waals surface area contributed by atoms with Crippen molar-refractivity contribution in [2.24, 2.45) is 0 Å². The smallest absolute Gasteiger partial charge is 0.265 e. The molecule has 0 spiro atoms. The molecular weight excluding hydrogens is 327 g/mol. The number of anilines is 1. The van der Waals surface area contributed by atoms with Crippen LogP contribution in [0.15, 0.2) is 30.3 Å². The number of rotatable bonds is 4. The van der Waals surface area contributed by atoms with Gasteiger partial charge in [-0.25, -0.2) is 13.2 Å². The fraction of sp³-hybridized carbons (Fsp3) is 0.188. The van der Waals surface area contributed by atoms with E-state index in [1.165, 1.54) is 6.92 Å². The predicted molar refractivity (Wildman–Crippen MR) is 77.6 cm³/mol. The summed E-state index contributed by atoms with van der Waals surface area (Å²) in [5, 5.41) is 2.15. The zero-order chi connectivity index (χ0) is 17.3. The van der Waals surface area contributed by atoms with Crippen molar-refractivity contribution in [1.29, 1.82) is 0 Å². The van der Waals surface area contributed by atoms with Crippen LogP contribution in [-0.4, -0.2) is 18.8 Å². The standard InChI is InChI=1S/C16H12F3NO4/c1-8(24-9-2-5-12-13(6-9)23-7-22-12)16(21)20-11-4-3-10(17)14(18)15(11)19/h2-6,8H,7H2,1H3,(H,20,21)/t8-/m1/s1. The molecule has 2 aromatic rings. The van der Waals surface area contributed by atoms with Crippen LogP contribution in [0.4, 0.5) is 18.9 Å². The Labute approximate surface area is 134 Å². The minimum Gasteiger partial charge on any atom is -0.481 e. The summed E-state index contributed by atoms with van der Waals surface area (Å²) in [5.74, 6) is -3.81. The number of ether oxygens (including phenoxy) is 3. The van der Waals surface area contributed by atoms with Gasteiger partial charge in [0.25, 0.3) is 5.91 Å². The maximum Gasteiger partial charge on any atom is 0.265 e. The summed E-state index contributed by atoms with van der Waals surface area (Å²) < 4.78 is 55.4. The zero-order valence-corrected chi connectivity index (χ0v) is 12.4. The zero-order valence-electron chi connectivity index (χ0n) is 12.4. The van der Waals surface area contributed by atoms with Gasteiger partial charge in [-0.2, -0.15) is 0 Å². The third kappa shape index (κ3) is 3.08. The largest absolute Gasteiger partial charge is 0.481 e. The van der Waals surface area contributed by atoms with Gasteiger partial charge in [0.1, 0.15) is 5.75 Å². The van der Waals surface area contributed by atoms with Crippen molar-refractivity contribution in [1.82, 2.24) is 0 Å². The summed E-state index contributed by atoms with van der Waals surface area (Å²) in [5.41, 5.74) is -0.472. The molecule has 0 aromatic heterocycles. The van der Waals surface area contributed by atoms with E-state index in [4.69, 9.17) is 14.2 Å². The summed E-state index contributed by atoms with van der Waals surface area (Å²) in [6.07, 6.45) is -1.02. The molecule has 1 heterocycles. The Morgan fingerprint density at radius 1 is 1.12 bits per heavy atom. The Kier molecular flexibility index (Phi) is 4.20.